The zero-order chi connectivity index (χ0) is 11.1. The highest BCUT2D eigenvalue weighted by molar-refractivity contribution is 5.87. The number of nitrogens with zero attached hydrogens (tertiary/aromatic N) is 3. The number of pyridine rings is 1. The van der Waals surface area contributed by atoms with Crippen LogP contribution in [0, 0.1) is 0 Å². The van der Waals surface area contributed by atoms with Crippen molar-refractivity contribution in [3.05, 3.63) is 30.5 Å². The Labute approximate surface area is 90.7 Å². The largest absolute Gasteiger partial charge is 0.505 e. The van der Waals surface area contributed by atoms with E-state index in [1.165, 1.54) is 6.07 Å². The molecule has 0 fully saturated rings. The summed E-state index contributed by atoms with van der Waals surface area (Å²) in [4.78, 5) is 4.14. The molecule has 0 radical (unpaired) electrons. The van der Waals surface area contributed by atoms with Gasteiger partial charge in [0.2, 0.25) is 0 Å². The van der Waals surface area contributed by atoms with Crippen LogP contribution in [0.4, 0.5) is 11.4 Å². The quantitative estimate of drug-likeness (QED) is 0.652. The van der Waals surface area contributed by atoms with E-state index in [1.54, 1.807) is 18.3 Å². The number of benzene rings is 1. The van der Waals surface area contributed by atoms with Gasteiger partial charge in [-0.3, -0.25) is 4.98 Å². The van der Waals surface area contributed by atoms with Gasteiger partial charge in [-0.25, -0.2) is 0 Å². The van der Waals surface area contributed by atoms with Gasteiger partial charge in [-0.05, 0) is 18.2 Å². The van der Waals surface area contributed by atoms with Gasteiger partial charge in [0.25, 0.3) is 0 Å². The van der Waals surface area contributed by atoms with Gasteiger partial charge < -0.3 is 10.2 Å². The van der Waals surface area contributed by atoms with Crippen molar-refractivity contribution >= 4 is 11.4 Å². The monoisotopic (exact) mass is 213 g/mol. The summed E-state index contributed by atoms with van der Waals surface area (Å²) in [5.41, 5.74) is 1.68. The summed E-state index contributed by atoms with van der Waals surface area (Å²) in [6.07, 6.45) is 1.64. The zero-order valence-electron chi connectivity index (χ0n) is 8.12. The van der Waals surface area contributed by atoms with Crippen LogP contribution < -0.4 is 0 Å². The number of fused-ring (bicyclic) bond motifs is 2. The van der Waals surface area contributed by atoms with E-state index in [4.69, 9.17) is 0 Å². The second-order valence-electron chi connectivity index (χ2n) is 3.40. The summed E-state index contributed by atoms with van der Waals surface area (Å²) in [5, 5.41) is 26.8. The number of phenols is 2. The fraction of sp³-hybridized carbons (Fsp3) is 0. The molecule has 0 aliphatic carbocycles. The van der Waals surface area contributed by atoms with E-state index in [1.807, 2.05) is 6.07 Å². The molecule has 5 heteroatoms. The summed E-state index contributed by atoms with van der Waals surface area (Å²) < 4.78 is 0. The number of phenolic OH excluding ortho intramolecular Hbond substituents is 2. The van der Waals surface area contributed by atoms with E-state index in [2.05, 4.69) is 15.2 Å². The molecule has 0 spiro atoms. The molecule has 0 amide bonds. The van der Waals surface area contributed by atoms with Gasteiger partial charge in [0, 0.05) is 11.8 Å². The lowest BCUT2D eigenvalue weighted by atomic mass is 10.1. The lowest BCUT2D eigenvalue weighted by Crippen LogP contribution is -1.82. The van der Waals surface area contributed by atoms with Crippen molar-refractivity contribution in [1.82, 2.24) is 4.98 Å². The number of azo groups is 1. The molecule has 3 rings (SSSR count). The topological polar surface area (TPSA) is 78.1 Å². The van der Waals surface area contributed by atoms with Crippen LogP contribution in [0.1, 0.15) is 0 Å². The van der Waals surface area contributed by atoms with Crippen molar-refractivity contribution in [1.29, 1.82) is 0 Å². The predicted molar refractivity (Wildman–Crippen MR) is 57.2 cm³/mol. The maximum atomic E-state index is 9.72. The molecule has 0 saturated heterocycles. The molecule has 1 aliphatic rings. The molecule has 2 aromatic rings. The molecule has 2 bridgehead atoms. The molecule has 1 aromatic heterocycles. The van der Waals surface area contributed by atoms with Crippen LogP contribution in [-0.4, -0.2) is 15.2 Å². The minimum absolute atomic E-state index is 0.0943. The lowest BCUT2D eigenvalue weighted by Gasteiger charge is -2.04. The molecule has 1 aromatic carbocycles. The Bertz CT molecular complexity index is 594. The SMILES string of the molecule is Oc1cc(-c2ccccn2)c2c(O)c1N=N2. The highest BCUT2D eigenvalue weighted by atomic mass is 16.3. The van der Waals surface area contributed by atoms with Crippen molar-refractivity contribution in [3.8, 4) is 22.8 Å². The summed E-state index contributed by atoms with van der Waals surface area (Å²) in [6.45, 7) is 0. The second kappa shape index (κ2) is 3.03. The fourth-order valence-electron chi connectivity index (χ4n) is 1.65. The summed E-state index contributed by atoms with van der Waals surface area (Å²) in [6, 6.07) is 6.90. The van der Waals surface area contributed by atoms with Crippen LogP contribution in [0.25, 0.3) is 11.3 Å². The number of rotatable bonds is 1. The van der Waals surface area contributed by atoms with Crippen molar-refractivity contribution in [2.24, 2.45) is 10.2 Å². The Kier molecular flexibility index (Phi) is 1.67. The zero-order valence-corrected chi connectivity index (χ0v) is 8.12. The first kappa shape index (κ1) is 8.84. The molecule has 78 valence electrons. The molecule has 16 heavy (non-hydrogen) atoms. The van der Waals surface area contributed by atoms with Gasteiger partial charge >= 0.3 is 0 Å². The van der Waals surface area contributed by atoms with Crippen LogP contribution >= 0.6 is 0 Å². The number of hydrogen-bond donors (Lipinski definition) is 2. The third-order valence-corrected chi connectivity index (χ3v) is 2.42. The molecule has 0 saturated carbocycles. The number of aromatic hydroxyl groups is 2. The van der Waals surface area contributed by atoms with Crippen LogP contribution in [0.5, 0.6) is 11.5 Å². The van der Waals surface area contributed by atoms with Crippen LogP contribution in [0.3, 0.4) is 0 Å². The molecular formula is C11H7N3O2. The smallest absolute Gasteiger partial charge is 0.175 e. The molecule has 5 nitrogen and oxygen atoms in total. The Morgan fingerprint density at radius 2 is 1.81 bits per heavy atom. The van der Waals surface area contributed by atoms with E-state index < -0.39 is 0 Å². The molecule has 2 N–H and O–H groups in total. The maximum absolute atomic E-state index is 9.72. The van der Waals surface area contributed by atoms with Crippen molar-refractivity contribution in [2.45, 2.75) is 0 Å². The van der Waals surface area contributed by atoms with Gasteiger partial charge in [-0.1, -0.05) is 6.07 Å². The summed E-state index contributed by atoms with van der Waals surface area (Å²) in [5.74, 6) is -0.191. The maximum Gasteiger partial charge on any atom is 0.175 e. The third kappa shape index (κ3) is 1.08. The molecule has 0 atom stereocenters. The van der Waals surface area contributed by atoms with E-state index in [0.29, 0.717) is 16.9 Å². The Balaban J connectivity index is 2.30. The van der Waals surface area contributed by atoms with E-state index in [0.717, 1.165) is 0 Å². The van der Waals surface area contributed by atoms with Gasteiger partial charge in [0.05, 0.1) is 5.69 Å². The van der Waals surface area contributed by atoms with Gasteiger partial charge in [0.15, 0.2) is 11.4 Å². The Morgan fingerprint density at radius 1 is 1.00 bits per heavy atom. The average molecular weight is 213 g/mol. The molecule has 0 unspecified atom stereocenters. The first-order chi connectivity index (χ1) is 7.77. The molecule has 2 heterocycles. The normalized spacial score (nSPS) is 12.0. The van der Waals surface area contributed by atoms with E-state index in [-0.39, 0.29) is 17.2 Å². The van der Waals surface area contributed by atoms with E-state index >= 15 is 0 Å². The van der Waals surface area contributed by atoms with Crippen LogP contribution in [0.2, 0.25) is 0 Å². The van der Waals surface area contributed by atoms with Crippen molar-refractivity contribution < 1.29 is 10.2 Å². The lowest BCUT2D eigenvalue weighted by molar-refractivity contribution is 0.458. The summed E-state index contributed by atoms with van der Waals surface area (Å²) in [7, 11) is 0. The highest BCUT2D eigenvalue weighted by Gasteiger charge is 2.23. The fourth-order valence-corrected chi connectivity index (χ4v) is 1.65. The summed E-state index contributed by atoms with van der Waals surface area (Å²) >= 11 is 0. The van der Waals surface area contributed by atoms with Gasteiger partial charge in [-0.2, -0.15) is 0 Å². The number of aromatic nitrogens is 1. The number of hydrogen-bond acceptors (Lipinski definition) is 5. The molecule has 1 aliphatic heterocycles. The van der Waals surface area contributed by atoms with Gasteiger partial charge in [0.1, 0.15) is 11.4 Å². The first-order valence-electron chi connectivity index (χ1n) is 4.69. The predicted octanol–water partition coefficient (Wildman–Crippen LogP) is 2.89. The first-order valence-corrected chi connectivity index (χ1v) is 4.69. The Hall–Kier alpha value is -2.43. The van der Waals surface area contributed by atoms with E-state index in [9.17, 15) is 10.2 Å². The average Bonchev–Trinajstić information content (AvgIpc) is 2.58. The Morgan fingerprint density at radius 3 is 2.56 bits per heavy atom. The van der Waals surface area contributed by atoms with Crippen molar-refractivity contribution in [2.75, 3.05) is 0 Å². The minimum Gasteiger partial charge on any atom is -0.505 e. The second-order valence-corrected chi connectivity index (χ2v) is 3.40. The van der Waals surface area contributed by atoms with Crippen LogP contribution in [0.15, 0.2) is 40.7 Å². The van der Waals surface area contributed by atoms with Crippen LogP contribution in [-0.2, 0) is 0 Å². The standard InChI is InChI=1S/C11H7N3O2/c15-8-5-6(7-3-1-2-4-12-7)9-11(16)10(8)14-13-9/h1-5,15-16H. The van der Waals surface area contributed by atoms with Crippen molar-refractivity contribution in [3.63, 3.8) is 0 Å². The van der Waals surface area contributed by atoms with Gasteiger partial charge in [-0.15, -0.1) is 10.2 Å². The third-order valence-electron chi connectivity index (χ3n) is 2.42. The highest BCUT2D eigenvalue weighted by Crippen LogP contribution is 2.53. The molecular weight excluding hydrogens is 206 g/mol. The minimum atomic E-state index is -0.0966.